The number of nitrogens with zero attached hydrogens (tertiary/aromatic N) is 3. The van der Waals surface area contributed by atoms with Crippen LogP contribution in [0.4, 0.5) is 11.4 Å². The molecular formula is C12H15BrN4O2. The minimum absolute atomic E-state index is 0.0583. The molecule has 2 aliphatic rings. The van der Waals surface area contributed by atoms with Gasteiger partial charge in [0.05, 0.1) is 9.40 Å². The Morgan fingerprint density at radius 2 is 2.21 bits per heavy atom. The fourth-order valence-corrected chi connectivity index (χ4v) is 3.93. The molecule has 0 aromatic carbocycles. The summed E-state index contributed by atoms with van der Waals surface area (Å²) in [5.41, 5.74) is 6.81. The van der Waals surface area contributed by atoms with Gasteiger partial charge in [-0.3, -0.25) is 15.1 Å². The van der Waals surface area contributed by atoms with E-state index in [0.29, 0.717) is 22.0 Å². The number of fused-ring (bicyclic) bond motifs is 1. The molecule has 7 heteroatoms. The number of nitrogens with two attached hydrogens (primary N) is 1. The van der Waals surface area contributed by atoms with Gasteiger partial charge in [-0.2, -0.15) is 0 Å². The van der Waals surface area contributed by atoms with Gasteiger partial charge in [-0.25, -0.2) is 0 Å². The Labute approximate surface area is 119 Å². The molecule has 0 bridgehead atoms. The summed E-state index contributed by atoms with van der Waals surface area (Å²) in [7, 11) is 0. The molecule has 102 valence electrons. The Hall–Kier alpha value is -1.21. The summed E-state index contributed by atoms with van der Waals surface area (Å²) in [5, 5.41) is 11.1. The van der Waals surface area contributed by atoms with E-state index in [0.717, 1.165) is 25.9 Å². The summed E-state index contributed by atoms with van der Waals surface area (Å²) >= 11 is 3.38. The predicted molar refractivity (Wildman–Crippen MR) is 75.0 cm³/mol. The third kappa shape index (κ3) is 2.10. The van der Waals surface area contributed by atoms with Gasteiger partial charge in [-0.15, -0.1) is 0 Å². The average Bonchev–Trinajstić information content (AvgIpc) is 2.91. The zero-order valence-electron chi connectivity index (χ0n) is 10.3. The maximum Gasteiger partial charge on any atom is 0.311 e. The van der Waals surface area contributed by atoms with E-state index < -0.39 is 0 Å². The molecule has 2 fully saturated rings. The van der Waals surface area contributed by atoms with Crippen LogP contribution in [0.3, 0.4) is 0 Å². The van der Waals surface area contributed by atoms with Crippen molar-refractivity contribution in [2.45, 2.75) is 18.9 Å². The van der Waals surface area contributed by atoms with Gasteiger partial charge in [0.1, 0.15) is 11.9 Å². The number of pyridine rings is 1. The van der Waals surface area contributed by atoms with Crippen LogP contribution in [-0.2, 0) is 0 Å². The third-order valence-electron chi connectivity index (χ3n) is 4.28. The number of nitro groups is 1. The first kappa shape index (κ1) is 12.8. The third-order valence-corrected chi connectivity index (χ3v) is 4.86. The van der Waals surface area contributed by atoms with Gasteiger partial charge in [0.15, 0.2) is 0 Å². The fourth-order valence-electron chi connectivity index (χ4n) is 3.35. The predicted octanol–water partition coefficient (Wildman–Crippen LogP) is 1.93. The molecule has 0 spiro atoms. The first-order valence-corrected chi connectivity index (χ1v) is 7.15. The molecular weight excluding hydrogens is 312 g/mol. The zero-order chi connectivity index (χ0) is 13.6. The topological polar surface area (TPSA) is 85.3 Å². The van der Waals surface area contributed by atoms with E-state index in [2.05, 4.69) is 25.8 Å². The second-order valence-corrected chi connectivity index (χ2v) is 6.17. The lowest BCUT2D eigenvalue weighted by atomic mass is 9.98. The Morgan fingerprint density at radius 1 is 1.42 bits per heavy atom. The van der Waals surface area contributed by atoms with Crippen LogP contribution in [0.15, 0.2) is 16.9 Å². The number of aromatic nitrogens is 1. The maximum absolute atomic E-state index is 11.1. The molecule has 3 atom stereocenters. The monoisotopic (exact) mass is 326 g/mol. The summed E-state index contributed by atoms with van der Waals surface area (Å²) in [6.45, 7) is 1.65. The Kier molecular flexibility index (Phi) is 3.18. The van der Waals surface area contributed by atoms with Crippen LogP contribution in [0.1, 0.15) is 12.8 Å². The quantitative estimate of drug-likeness (QED) is 0.663. The molecule has 1 saturated carbocycles. The first-order valence-electron chi connectivity index (χ1n) is 6.36. The summed E-state index contributed by atoms with van der Waals surface area (Å²) in [4.78, 5) is 16.7. The van der Waals surface area contributed by atoms with Crippen molar-refractivity contribution in [3.63, 3.8) is 0 Å². The van der Waals surface area contributed by atoms with Gasteiger partial charge in [0.2, 0.25) is 0 Å². The van der Waals surface area contributed by atoms with E-state index >= 15 is 0 Å². The van der Waals surface area contributed by atoms with Crippen molar-refractivity contribution in [3.8, 4) is 0 Å². The number of hydrogen-bond donors (Lipinski definition) is 1. The molecule has 1 aliphatic heterocycles. The smallest absolute Gasteiger partial charge is 0.311 e. The second kappa shape index (κ2) is 4.72. The molecule has 2 heterocycles. The summed E-state index contributed by atoms with van der Waals surface area (Å²) in [6.07, 6.45) is 5.12. The van der Waals surface area contributed by atoms with Crippen LogP contribution < -0.4 is 10.6 Å². The molecule has 1 aromatic heterocycles. The molecule has 0 amide bonds. The molecule has 1 aliphatic carbocycles. The number of hydrogen-bond acceptors (Lipinski definition) is 5. The van der Waals surface area contributed by atoms with Crippen molar-refractivity contribution in [1.29, 1.82) is 0 Å². The summed E-state index contributed by atoms with van der Waals surface area (Å²) in [5.74, 6) is 1.02. The lowest BCUT2D eigenvalue weighted by Gasteiger charge is -2.21. The van der Waals surface area contributed by atoms with E-state index in [-0.39, 0.29) is 16.7 Å². The van der Waals surface area contributed by atoms with Gasteiger partial charge >= 0.3 is 5.69 Å². The van der Waals surface area contributed by atoms with E-state index in [9.17, 15) is 10.1 Å². The Balaban J connectivity index is 1.94. The molecule has 2 N–H and O–H groups in total. The highest BCUT2D eigenvalue weighted by Gasteiger charge is 2.42. The van der Waals surface area contributed by atoms with Crippen LogP contribution in [0.2, 0.25) is 0 Å². The standard InChI is InChI=1S/C12H15BrN4O2/c13-9-3-15-4-11(17(18)19)12(9)16-5-7-1-2-10(14)8(7)6-16/h3-4,7-8,10H,1-2,5-6,14H2. The second-order valence-electron chi connectivity index (χ2n) is 5.32. The molecule has 1 saturated heterocycles. The lowest BCUT2D eigenvalue weighted by Crippen LogP contribution is -2.30. The first-order chi connectivity index (χ1) is 9.08. The minimum atomic E-state index is -0.374. The number of anilines is 1. The summed E-state index contributed by atoms with van der Waals surface area (Å²) in [6, 6.07) is 0.231. The molecule has 3 rings (SSSR count). The van der Waals surface area contributed by atoms with Gasteiger partial charge in [0.25, 0.3) is 0 Å². The minimum Gasteiger partial charge on any atom is -0.364 e. The fraction of sp³-hybridized carbons (Fsp3) is 0.583. The molecule has 3 unspecified atom stereocenters. The zero-order valence-corrected chi connectivity index (χ0v) is 11.9. The molecule has 6 nitrogen and oxygen atoms in total. The highest BCUT2D eigenvalue weighted by atomic mass is 79.9. The van der Waals surface area contributed by atoms with Crippen molar-refractivity contribution < 1.29 is 4.92 Å². The van der Waals surface area contributed by atoms with Crippen LogP contribution >= 0.6 is 15.9 Å². The van der Waals surface area contributed by atoms with Crippen molar-refractivity contribution in [2.75, 3.05) is 18.0 Å². The van der Waals surface area contributed by atoms with Crippen LogP contribution in [0.25, 0.3) is 0 Å². The largest absolute Gasteiger partial charge is 0.364 e. The normalized spacial score (nSPS) is 29.6. The van der Waals surface area contributed by atoms with Gasteiger partial charge in [-0.05, 0) is 40.6 Å². The van der Waals surface area contributed by atoms with E-state index in [4.69, 9.17) is 5.73 Å². The number of rotatable bonds is 2. The van der Waals surface area contributed by atoms with Gasteiger partial charge < -0.3 is 10.6 Å². The highest BCUT2D eigenvalue weighted by Crippen LogP contribution is 2.43. The van der Waals surface area contributed by atoms with Crippen molar-refractivity contribution in [1.82, 2.24) is 4.98 Å². The number of halogens is 1. The lowest BCUT2D eigenvalue weighted by molar-refractivity contribution is -0.384. The average molecular weight is 327 g/mol. The van der Waals surface area contributed by atoms with Crippen molar-refractivity contribution in [2.24, 2.45) is 17.6 Å². The summed E-state index contributed by atoms with van der Waals surface area (Å²) < 4.78 is 0.676. The van der Waals surface area contributed by atoms with Crippen LogP contribution in [-0.4, -0.2) is 29.0 Å². The Morgan fingerprint density at radius 3 is 2.89 bits per heavy atom. The van der Waals surface area contributed by atoms with Gasteiger partial charge in [-0.1, -0.05) is 0 Å². The van der Waals surface area contributed by atoms with E-state index in [1.54, 1.807) is 6.20 Å². The SMILES string of the molecule is NC1CCC2CN(c3c(Br)cncc3[N+](=O)[O-])CC12. The van der Waals surface area contributed by atoms with Crippen LogP contribution in [0.5, 0.6) is 0 Å². The van der Waals surface area contributed by atoms with E-state index in [1.807, 2.05) is 0 Å². The van der Waals surface area contributed by atoms with Crippen LogP contribution in [0, 0.1) is 22.0 Å². The molecule has 0 radical (unpaired) electrons. The van der Waals surface area contributed by atoms with Crippen molar-refractivity contribution >= 4 is 27.3 Å². The Bertz CT molecular complexity index is 524. The van der Waals surface area contributed by atoms with Crippen molar-refractivity contribution in [3.05, 3.63) is 27.0 Å². The molecule has 1 aromatic rings. The molecule has 19 heavy (non-hydrogen) atoms. The highest BCUT2D eigenvalue weighted by molar-refractivity contribution is 9.10. The van der Waals surface area contributed by atoms with E-state index in [1.165, 1.54) is 6.20 Å². The maximum atomic E-state index is 11.1. The van der Waals surface area contributed by atoms with Gasteiger partial charge in [0, 0.05) is 25.3 Å².